The van der Waals surface area contributed by atoms with Gasteiger partial charge in [0.15, 0.2) is 0 Å². The van der Waals surface area contributed by atoms with Crippen LogP contribution in [0.4, 0.5) is 5.69 Å². The Morgan fingerprint density at radius 2 is 2.15 bits per heavy atom. The lowest BCUT2D eigenvalue weighted by molar-refractivity contribution is 1.37. The fraction of sp³-hybridized carbons (Fsp3) is 0.143. The zero-order valence-electron chi connectivity index (χ0n) is 6.55. The van der Waals surface area contributed by atoms with Gasteiger partial charge in [-0.3, -0.25) is 0 Å². The Morgan fingerprint density at radius 1 is 1.54 bits per heavy atom. The summed E-state index contributed by atoms with van der Waals surface area (Å²) in [7, 11) is 0. The second kappa shape index (κ2) is 4.33. The van der Waals surface area contributed by atoms with Gasteiger partial charge < -0.3 is 0 Å². The summed E-state index contributed by atoms with van der Waals surface area (Å²) in [6, 6.07) is 1.80. The largest absolute Gasteiger partial charge is 0.0828 e. The van der Waals surface area contributed by atoms with E-state index in [1.54, 1.807) is 6.07 Å². The molecule has 0 saturated carbocycles. The summed E-state index contributed by atoms with van der Waals surface area (Å²) in [5, 5.41) is 4.07. The molecule has 0 amide bonds. The first-order chi connectivity index (χ1) is 6.07. The van der Waals surface area contributed by atoms with Crippen LogP contribution in [0.25, 0.3) is 10.4 Å². The third-order valence-corrected chi connectivity index (χ3v) is 3.55. The molecular formula is C7H4Br2ClN3. The van der Waals surface area contributed by atoms with Crippen LogP contribution in [0.2, 0.25) is 5.02 Å². The molecule has 0 radical (unpaired) electrons. The van der Waals surface area contributed by atoms with Crippen molar-refractivity contribution in [1.29, 1.82) is 0 Å². The smallest absolute Gasteiger partial charge is 0.0674 e. The number of nitrogens with zero attached hydrogens (tertiary/aromatic N) is 3. The van der Waals surface area contributed by atoms with Gasteiger partial charge in [0, 0.05) is 13.9 Å². The van der Waals surface area contributed by atoms with Gasteiger partial charge in [-0.15, -0.1) is 0 Å². The van der Waals surface area contributed by atoms with Gasteiger partial charge in [-0.25, -0.2) is 0 Å². The second-order valence-corrected chi connectivity index (χ2v) is 4.37. The van der Waals surface area contributed by atoms with Crippen LogP contribution in [-0.4, -0.2) is 0 Å². The van der Waals surface area contributed by atoms with E-state index >= 15 is 0 Å². The fourth-order valence-electron chi connectivity index (χ4n) is 0.840. The standard InChI is InChI=1S/C7H4Br2ClN3/c1-3-2-4(8)7(12-13-11)5(9)6(3)10/h2H,1H3. The van der Waals surface area contributed by atoms with E-state index in [1.807, 2.05) is 6.92 Å². The highest BCUT2D eigenvalue weighted by Gasteiger charge is 2.09. The second-order valence-electron chi connectivity index (χ2n) is 2.34. The molecule has 0 saturated heterocycles. The lowest BCUT2D eigenvalue weighted by Crippen LogP contribution is -1.79. The van der Waals surface area contributed by atoms with Crippen molar-refractivity contribution in [2.24, 2.45) is 5.11 Å². The Hall–Kier alpha value is -0.220. The number of hydrogen-bond acceptors (Lipinski definition) is 1. The van der Waals surface area contributed by atoms with Gasteiger partial charge >= 0.3 is 0 Å². The van der Waals surface area contributed by atoms with E-state index in [1.165, 1.54) is 0 Å². The molecule has 0 atom stereocenters. The molecule has 0 N–H and O–H groups in total. The Balaban J connectivity index is 3.52. The van der Waals surface area contributed by atoms with Gasteiger partial charge in [0.1, 0.15) is 0 Å². The first-order valence-corrected chi connectivity index (χ1v) is 5.23. The third-order valence-electron chi connectivity index (χ3n) is 1.46. The van der Waals surface area contributed by atoms with E-state index in [9.17, 15) is 0 Å². The number of rotatable bonds is 1. The first kappa shape index (κ1) is 10.9. The highest BCUT2D eigenvalue weighted by molar-refractivity contribution is 9.11. The van der Waals surface area contributed by atoms with Crippen molar-refractivity contribution in [2.45, 2.75) is 6.92 Å². The van der Waals surface area contributed by atoms with Gasteiger partial charge in [0.2, 0.25) is 0 Å². The summed E-state index contributed by atoms with van der Waals surface area (Å²) in [5.74, 6) is 0. The molecule has 0 spiro atoms. The zero-order chi connectivity index (χ0) is 10.0. The van der Waals surface area contributed by atoms with Crippen LogP contribution in [0.3, 0.4) is 0 Å². The van der Waals surface area contributed by atoms with E-state index in [0.29, 0.717) is 15.2 Å². The molecule has 3 nitrogen and oxygen atoms in total. The Labute approximate surface area is 97.0 Å². The molecule has 0 aliphatic carbocycles. The molecule has 0 unspecified atom stereocenters. The Bertz CT molecular complexity index is 399. The molecule has 0 aliphatic heterocycles. The summed E-state index contributed by atoms with van der Waals surface area (Å²) < 4.78 is 1.33. The van der Waals surface area contributed by atoms with Crippen molar-refractivity contribution in [1.82, 2.24) is 0 Å². The van der Waals surface area contributed by atoms with Crippen molar-refractivity contribution >= 4 is 49.1 Å². The van der Waals surface area contributed by atoms with Crippen LogP contribution in [0, 0.1) is 6.92 Å². The topological polar surface area (TPSA) is 48.8 Å². The zero-order valence-corrected chi connectivity index (χ0v) is 10.5. The highest BCUT2D eigenvalue weighted by Crippen LogP contribution is 2.40. The SMILES string of the molecule is Cc1cc(Br)c(N=[N+]=[N-])c(Br)c1Cl. The average molecular weight is 325 g/mol. The molecule has 0 aromatic heterocycles. The number of hydrogen-bond donors (Lipinski definition) is 0. The average Bonchev–Trinajstić information content (AvgIpc) is 2.09. The van der Waals surface area contributed by atoms with Gasteiger partial charge in [-0.2, -0.15) is 0 Å². The first-order valence-electron chi connectivity index (χ1n) is 3.27. The number of aryl methyl sites for hydroxylation is 1. The van der Waals surface area contributed by atoms with Crippen LogP contribution in [0.5, 0.6) is 0 Å². The van der Waals surface area contributed by atoms with Crippen LogP contribution >= 0.6 is 43.5 Å². The van der Waals surface area contributed by atoms with Gasteiger partial charge in [0.25, 0.3) is 0 Å². The van der Waals surface area contributed by atoms with Crippen molar-refractivity contribution in [3.8, 4) is 0 Å². The number of azide groups is 1. The van der Waals surface area contributed by atoms with Crippen molar-refractivity contribution in [3.05, 3.63) is 36.0 Å². The molecule has 6 heteroatoms. The summed E-state index contributed by atoms with van der Waals surface area (Å²) >= 11 is 12.5. The molecule has 13 heavy (non-hydrogen) atoms. The van der Waals surface area contributed by atoms with Crippen LogP contribution in [-0.2, 0) is 0 Å². The molecule has 0 heterocycles. The lowest BCUT2D eigenvalue weighted by Gasteiger charge is -2.05. The van der Waals surface area contributed by atoms with Crippen LogP contribution in [0.1, 0.15) is 5.56 Å². The predicted octanol–water partition coefficient (Wildman–Crippen LogP) is 5.12. The Kier molecular flexibility index (Phi) is 3.62. The molecule has 1 aromatic carbocycles. The van der Waals surface area contributed by atoms with Gasteiger partial charge in [-0.1, -0.05) is 32.6 Å². The molecular weight excluding hydrogens is 321 g/mol. The van der Waals surface area contributed by atoms with E-state index in [4.69, 9.17) is 17.1 Å². The van der Waals surface area contributed by atoms with Crippen molar-refractivity contribution < 1.29 is 0 Å². The van der Waals surface area contributed by atoms with E-state index in [0.717, 1.165) is 10.0 Å². The minimum Gasteiger partial charge on any atom is -0.0828 e. The minimum atomic E-state index is 0.470. The molecule has 1 rings (SSSR count). The van der Waals surface area contributed by atoms with Crippen molar-refractivity contribution in [2.75, 3.05) is 0 Å². The fourth-order valence-corrected chi connectivity index (χ4v) is 2.48. The lowest BCUT2D eigenvalue weighted by atomic mass is 10.2. The van der Waals surface area contributed by atoms with Gasteiger partial charge in [-0.05, 0) is 40.0 Å². The highest BCUT2D eigenvalue weighted by atomic mass is 79.9. The molecule has 0 fully saturated rings. The summed E-state index contributed by atoms with van der Waals surface area (Å²) in [6.07, 6.45) is 0. The quantitative estimate of drug-likeness (QED) is 0.298. The number of benzene rings is 1. The summed E-state index contributed by atoms with van der Waals surface area (Å²) in [4.78, 5) is 2.70. The molecule has 0 bridgehead atoms. The third kappa shape index (κ3) is 2.17. The molecule has 1 aromatic rings. The minimum absolute atomic E-state index is 0.470. The predicted molar refractivity (Wildman–Crippen MR) is 60.4 cm³/mol. The molecule has 0 aliphatic rings. The van der Waals surface area contributed by atoms with E-state index in [-0.39, 0.29) is 0 Å². The summed E-state index contributed by atoms with van der Waals surface area (Å²) in [5.41, 5.74) is 9.69. The van der Waals surface area contributed by atoms with E-state index in [2.05, 4.69) is 41.9 Å². The maximum absolute atomic E-state index is 8.30. The molecule has 68 valence electrons. The monoisotopic (exact) mass is 323 g/mol. The maximum Gasteiger partial charge on any atom is 0.0674 e. The maximum atomic E-state index is 8.30. The van der Waals surface area contributed by atoms with Gasteiger partial charge in [0.05, 0.1) is 10.7 Å². The van der Waals surface area contributed by atoms with Crippen LogP contribution in [0.15, 0.2) is 20.1 Å². The van der Waals surface area contributed by atoms with E-state index < -0.39 is 0 Å². The van der Waals surface area contributed by atoms with Crippen molar-refractivity contribution in [3.63, 3.8) is 0 Å². The number of halogens is 3. The normalized spacial score (nSPS) is 9.54. The van der Waals surface area contributed by atoms with Crippen LogP contribution < -0.4 is 0 Å². The Morgan fingerprint density at radius 3 is 2.69 bits per heavy atom. The summed E-state index contributed by atoms with van der Waals surface area (Å²) in [6.45, 7) is 1.87.